The number of amides is 2. The van der Waals surface area contributed by atoms with Crippen LogP contribution in [-0.4, -0.2) is 29.9 Å². The first-order chi connectivity index (χ1) is 16.5. The van der Waals surface area contributed by atoms with Crippen molar-refractivity contribution in [2.45, 2.75) is 0 Å². The minimum Gasteiger partial charge on any atom is -0.495 e. The number of anilines is 2. The highest BCUT2D eigenvalue weighted by molar-refractivity contribution is 8.27. The lowest BCUT2D eigenvalue weighted by molar-refractivity contribution is -0.118. The van der Waals surface area contributed by atoms with Gasteiger partial charge < -0.3 is 14.8 Å². The molecule has 0 spiro atoms. The summed E-state index contributed by atoms with van der Waals surface area (Å²) in [5.41, 5.74) is 1.90. The highest BCUT2D eigenvalue weighted by Crippen LogP contribution is 2.39. The lowest BCUT2D eigenvalue weighted by atomic mass is 10.2. The zero-order valence-electron chi connectivity index (χ0n) is 18.0. The van der Waals surface area contributed by atoms with E-state index in [1.807, 2.05) is 24.3 Å². The highest BCUT2D eigenvalue weighted by Gasteiger charge is 2.33. The lowest BCUT2D eigenvalue weighted by Gasteiger charge is -2.15. The van der Waals surface area contributed by atoms with Gasteiger partial charge in [-0.1, -0.05) is 72.0 Å². The Bertz CT molecular complexity index is 1280. The smallest absolute Gasteiger partial charge is 0.270 e. The van der Waals surface area contributed by atoms with E-state index in [0.29, 0.717) is 42.7 Å². The Morgan fingerprint density at radius 3 is 2.56 bits per heavy atom. The molecule has 0 atom stereocenters. The number of nitrogens with zero attached hydrogens (tertiary/aromatic N) is 1. The van der Waals surface area contributed by atoms with Crippen molar-refractivity contribution in [1.29, 1.82) is 0 Å². The first kappa shape index (κ1) is 23.8. The number of rotatable bonds is 7. The molecule has 1 heterocycles. The van der Waals surface area contributed by atoms with Crippen LogP contribution in [0.4, 0.5) is 11.4 Å². The number of nitrogens with one attached hydrogen (secondary N) is 1. The quantitative estimate of drug-likeness (QED) is 0.321. The van der Waals surface area contributed by atoms with E-state index in [1.54, 1.807) is 54.6 Å². The van der Waals surface area contributed by atoms with Gasteiger partial charge in [0.2, 0.25) is 0 Å². The van der Waals surface area contributed by atoms with Crippen molar-refractivity contribution in [1.82, 2.24) is 0 Å². The standard InChI is InChI=1S/C25H19ClN2O4S2/c1-31-21-12-11-18(14-19(21)26)28-24(30)22(34-25(28)33)13-16-7-5-6-10-20(16)32-15-23(29)27-17-8-3-2-4-9-17/h2-14H,15H2,1H3,(H,27,29)/b22-13+. The molecule has 6 nitrogen and oxygen atoms in total. The third-order valence-corrected chi connectivity index (χ3v) is 6.41. The minimum absolute atomic E-state index is 0.176. The fourth-order valence-corrected chi connectivity index (χ4v) is 4.76. The Balaban J connectivity index is 1.50. The molecule has 0 radical (unpaired) electrons. The molecule has 1 saturated heterocycles. The summed E-state index contributed by atoms with van der Waals surface area (Å²) in [5.74, 6) is 0.425. The summed E-state index contributed by atoms with van der Waals surface area (Å²) in [6, 6.07) is 21.3. The molecule has 1 aliphatic rings. The molecule has 0 unspecified atom stereocenters. The number of carbonyl (C=O) groups is 2. The number of hydrogen-bond acceptors (Lipinski definition) is 6. The number of thiocarbonyl (C=S) groups is 1. The normalized spacial score (nSPS) is 14.4. The Labute approximate surface area is 211 Å². The number of carbonyl (C=O) groups excluding carboxylic acids is 2. The number of halogens is 1. The summed E-state index contributed by atoms with van der Waals surface area (Å²) in [6.07, 6.45) is 1.70. The van der Waals surface area contributed by atoms with Crippen LogP contribution in [0.2, 0.25) is 5.02 Å². The Kier molecular flexibility index (Phi) is 7.52. The van der Waals surface area contributed by atoms with Gasteiger partial charge in [0.15, 0.2) is 10.9 Å². The number of benzene rings is 3. The zero-order chi connectivity index (χ0) is 24.1. The molecule has 9 heteroatoms. The van der Waals surface area contributed by atoms with Crippen molar-refractivity contribution in [3.05, 3.63) is 88.3 Å². The van der Waals surface area contributed by atoms with E-state index in [4.69, 9.17) is 33.3 Å². The van der Waals surface area contributed by atoms with Crippen molar-refractivity contribution >= 4 is 69.2 Å². The molecule has 2 amide bonds. The third kappa shape index (κ3) is 5.41. The van der Waals surface area contributed by atoms with Gasteiger partial charge in [0, 0.05) is 11.3 Å². The maximum atomic E-state index is 13.1. The number of para-hydroxylation sites is 2. The molecule has 0 aliphatic carbocycles. The molecule has 4 rings (SSSR count). The molecule has 0 bridgehead atoms. The van der Waals surface area contributed by atoms with E-state index in [1.165, 1.54) is 23.8 Å². The highest BCUT2D eigenvalue weighted by atomic mass is 35.5. The molecule has 172 valence electrons. The largest absolute Gasteiger partial charge is 0.495 e. The predicted molar refractivity (Wildman–Crippen MR) is 141 cm³/mol. The summed E-state index contributed by atoms with van der Waals surface area (Å²) in [4.78, 5) is 27.3. The van der Waals surface area contributed by atoms with Crippen molar-refractivity contribution in [3.8, 4) is 11.5 Å². The summed E-state index contributed by atoms with van der Waals surface area (Å²) in [6.45, 7) is -0.176. The second kappa shape index (κ2) is 10.7. The predicted octanol–water partition coefficient (Wildman–Crippen LogP) is 5.77. The van der Waals surface area contributed by atoms with Gasteiger partial charge in [0.25, 0.3) is 11.8 Å². The van der Waals surface area contributed by atoms with Crippen molar-refractivity contribution in [2.24, 2.45) is 0 Å². The van der Waals surface area contributed by atoms with Crippen molar-refractivity contribution in [3.63, 3.8) is 0 Å². The van der Waals surface area contributed by atoms with E-state index in [2.05, 4.69) is 5.32 Å². The maximum absolute atomic E-state index is 13.1. The Morgan fingerprint density at radius 1 is 1.09 bits per heavy atom. The fourth-order valence-electron chi connectivity index (χ4n) is 3.22. The summed E-state index contributed by atoms with van der Waals surface area (Å²) >= 11 is 12.9. The molecular formula is C25H19ClN2O4S2. The van der Waals surface area contributed by atoms with Crippen LogP contribution in [0.3, 0.4) is 0 Å². The maximum Gasteiger partial charge on any atom is 0.270 e. The first-order valence-corrected chi connectivity index (χ1v) is 11.7. The van der Waals surface area contributed by atoms with Crippen LogP contribution in [-0.2, 0) is 9.59 Å². The van der Waals surface area contributed by atoms with Crippen LogP contribution in [0.15, 0.2) is 77.7 Å². The van der Waals surface area contributed by atoms with E-state index < -0.39 is 0 Å². The summed E-state index contributed by atoms with van der Waals surface area (Å²) in [7, 11) is 1.52. The van der Waals surface area contributed by atoms with Gasteiger partial charge in [0.05, 0.1) is 22.7 Å². The van der Waals surface area contributed by atoms with Gasteiger partial charge in [-0.2, -0.15) is 0 Å². The van der Waals surface area contributed by atoms with Gasteiger partial charge in [-0.05, 0) is 42.5 Å². The second-order valence-electron chi connectivity index (χ2n) is 7.08. The number of methoxy groups -OCH3 is 1. The van der Waals surface area contributed by atoms with Gasteiger partial charge >= 0.3 is 0 Å². The molecule has 3 aromatic carbocycles. The molecule has 1 fully saturated rings. The van der Waals surface area contributed by atoms with Crippen molar-refractivity contribution < 1.29 is 19.1 Å². The van der Waals surface area contributed by atoms with Gasteiger partial charge in [0.1, 0.15) is 11.5 Å². The monoisotopic (exact) mass is 510 g/mol. The number of thioether (sulfide) groups is 1. The van der Waals surface area contributed by atoms with Gasteiger partial charge in [-0.3, -0.25) is 14.5 Å². The van der Waals surface area contributed by atoms with Crippen LogP contribution < -0.4 is 19.7 Å². The Hall–Kier alpha value is -3.33. The molecule has 1 N–H and O–H groups in total. The van der Waals surface area contributed by atoms with E-state index in [0.717, 1.165) is 0 Å². The van der Waals surface area contributed by atoms with Gasteiger partial charge in [-0.15, -0.1) is 0 Å². The molecule has 0 aromatic heterocycles. The fraction of sp³-hybridized carbons (Fsp3) is 0.0800. The number of ether oxygens (including phenoxy) is 2. The number of hydrogen-bond donors (Lipinski definition) is 1. The van der Waals surface area contributed by atoms with Crippen LogP contribution in [0.25, 0.3) is 6.08 Å². The summed E-state index contributed by atoms with van der Waals surface area (Å²) in [5, 5.41) is 3.15. The second-order valence-corrected chi connectivity index (χ2v) is 9.16. The van der Waals surface area contributed by atoms with Crippen LogP contribution in [0, 0.1) is 0 Å². The zero-order valence-corrected chi connectivity index (χ0v) is 20.4. The van der Waals surface area contributed by atoms with Crippen LogP contribution in [0.1, 0.15) is 5.56 Å². The van der Waals surface area contributed by atoms with E-state index in [9.17, 15) is 9.59 Å². The van der Waals surface area contributed by atoms with E-state index in [-0.39, 0.29) is 18.4 Å². The van der Waals surface area contributed by atoms with E-state index >= 15 is 0 Å². The van der Waals surface area contributed by atoms with Crippen molar-refractivity contribution in [2.75, 3.05) is 23.9 Å². The van der Waals surface area contributed by atoms with Gasteiger partial charge in [-0.25, -0.2) is 0 Å². The minimum atomic E-state index is -0.288. The molecular weight excluding hydrogens is 492 g/mol. The van der Waals surface area contributed by atoms with Crippen LogP contribution in [0.5, 0.6) is 11.5 Å². The molecule has 34 heavy (non-hydrogen) atoms. The molecule has 0 saturated carbocycles. The topological polar surface area (TPSA) is 67.9 Å². The average Bonchev–Trinajstić information content (AvgIpc) is 3.11. The Morgan fingerprint density at radius 2 is 1.82 bits per heavy atom. The summed E-state index contributed by atoms with van der Waals surface area (Å²) < 4.78 is 11.3. The average molecular weight is 511 g/mol. The van der Waals surface area contributed by atoms with Crippen LogP contribution >= 0.6 is 35.6 Å². The third-order valence-electron chi connectivity index (χ3n) is 4.81. The lowest BCUT2D eigenvalue weighted by Crippen LogP contribution is -2.27. The molecule has 3 aromatic rings. The SMILES string of the molecule is COc1ccc(N2C(=O)/C(=C\c3ccccc3OCC(=O)Nc3ccccc3)SC2=S)cc1Cl. The first-order valence-electron chi connectivity index (χ1n) is 10.1. The molecule has 1 aliphatic heterocycles.